The van der Waals surface area contributed by atoms with E-state index >= 15 is 0 Å². The predicted octanol–water partition coefficient (Wildman–Crippen LogP) is 2.12. The highest BCUT2D eigenvalue weighted by molar-refractivity contribution is 5.85. The summed E-state index contributed by atoms with van der Waals surface area (Å²) in [7, 11) is 2.02. The standard InChI is InChI=1S/C8H15N.ClH/c1-5-7-9(4)8(3)6-2;/h8H,6H2,1-4H3;1H. The van der Waals surface area contributed by atoms with Gasteiger partial charge in [0.05, 0.1) is 0 Å². The molecule has 1 atom stereocenters. The van der Waals surface area contributed by atoms with Gasteiger partial charge >= 0.3 is 0 Å². The zero-order valence-corrected chi connectivity index (χ0v) is 7.96. The Balaban J connectivity index is 0. The van der Waals surface area contributed by atoms with Crippen LogP contribution in [0.4, 0.5) is 0 Å². The van der Waals surface area contributed by atoms with Crippen molar-refractivity contribution < 1.29 is 0 Å². The fourth-order valence-corrected chi connectivity index (χ4v) is 0.560. The summed E-state index contributed by atoms with van der Waals surface area (Å²) >= 11 is 0. The van der Waals surface area contributed by atoms with Crippen LogP contribution in [0.15, 0.2) is 0 Å². The summed E-state index contributed by atoms with van der Waals surface area (Å²) in [5, 5.41) is 0. The summed E-state index contributed by atoms with van der Waals surface area (Å²) < 4.78 is 0. The maximum atomic E-state index is 2.98. The number of hydrogen-bond donors (Lipinski definition) is 0. The third-order valence-electron chi connectivity index (χ3n) is 1.54. The van der Waals surface area contributed by atoms with Crippen LogP contribution in [-0.4, -0.2) is 18.0 Å². The molecule has 0 aromatic carbocycles. The first-order chi connectivity index (χ1) is 4.22. The van der Waals surface area contributed by atoms with Crippen molar-refractivity contribution in [3.8, 4) is 12.0 Å². The third kappa shape index (κ3) is 4.52. The molecule has 0 saturated heterocycles. The summed E-state index contributed by atoms with van der Waals surface area (Å²) in [5.74, 6) is 2.86. The van der Waals surface area contributed by atoms with Crippen molar-refractivity contribution in [3.63, 3.8) is 0 Å². The largest absolute Gasteiger partial charge is 0.333 e. The number of hydrogen-bond acceptors (Lipinski definition) is 1. The molecule has 0 aromatic rings. The van der Waals surface area contributed by atoms with E-state index in [1.807, 2.05) is 18.9 Å². The number of nitrogens with zero attached hydrogens (tertiary/aromatic N) is 1. The minimum Gasteiger partial charge on any atom is -0.333 e. The molecule has 0 aliphatic heterocycles. The maximum Gasteiger partial charge on any atom is 0.0337 e. The topological polar surface area (TPSA) is 3.24 Å². The van der Waals surface area contributed by atoms with Crippen molar-refractivity contribution in [1.29, 1.82) is 0 Å². The van der Waals surface area contributed by atoms with Crippen molar-refractivity contribution in [2.45, 2.75) is 33.2 Å². The summed E-state index contributed by atoms with van der Waals surface area (Å²) in [6, 6.07) is 3.56. The van der Waals surface area contributed by atoms with Gasteiger partial charge in [0.1, 0.15) is 0 Å². The van der Waals surface area contributed by atoms with Gasteiger partial charge in [0, 0.05) is 19.1 Å². The molecule has 0 bridgehead atoms. The Kier molecular flexibility index (Phi) is 8.35. The second-order valence-corrected chi connectivity index (χ2v) is 2.23. The highest BCUT2D eigenvalue weighted by Gasteiger charge is 1.99. The fraction of sp³-hybridized carbons (Fsp3) is 0.750. The molecule has 0 amide bonds. The van der Waals surface area contributed by atoms with Gasteiger partial charge in [-0.15, -0.1) is 12.4 Å². The fourth-order valence-electron chi connectivity index (χ4n) is 0.560. The highest BCUT2D eigenvalue weighted by Crippen LogP contribution is 1.96. The van der Waals surface area contributed by atoms with E-state index in [9.17, 15) is 0 Å². The Hall–Kier alpha value is -0.350. The monoisotopic (exact) mass is 161 g/mol. The lowest BCUT2D eigenvalue weighted by Gasteiger charge is -2.17. The molecule has 60 valence electrons. The van der Waals surface area contributed by atoms with Crippen LogP contribution >= 0.6 is 12.4 Å². The molecule has 0 aliphatic carbocycles. The van der Waals surface area contributed by atoms with Crippen LogP contribution in [0.5, 0.6) is 0 Å². The first-order valence-corrected chi connectivity index (χ1v) is 3.37. The summed E-state index contributed by atoms with van der Waals surface area (Å²) in [6.07, 6.45) is 1.16. The molecular weight excluding hydrogens is 146 g/mol. The molecule has 0 rings (SSSR count). The van der Waals surface area contributed by atoms with Gasteiger partial charge in [0.25, 0.3) is 0 Å². The lowest BCUT2D eigenvalue weighted by molar-refractivity contribution is 0.363. The van der Waals surface area contributed by atoms with Gasteiger partial charge in [-0.25, -0.2) is 0 Å². The van der Waals surface area contributed by atoms with Crippen molar-refractivity contribution in [2.75, 3.05) is 7.05 Å². The van der Waals surface area contributed by atoms with E-state index in [4.69, 9.17) is 0 Å². The summed E-state index contributed by atoms with van der Waals surface area (Å²) in [4.78, 5) is 2.04. The van der Waals surface area contributed by atoms with E-state index in [0.29, 0.717) is 6.04 Å². The normalized spacial score (nSPS) is 10.4. The first kappa shape index (κ1) is 12.3. The van der Waals surface area contributed by atoms with Crippen LogP contribution in [0.25, 0.3) is 0 Å². The number of rotatable bonds is 2. The first-order valence-electron chi connectivity index (χ1n) is 3.37. The molecule has 2 heteroatoms. The average Bonchev–Trinajstić information content (AvgIpc) is 1.87. The van der Waals surface area contributed by atoms with Gasteiger partial charge in [-0.05, 0) is 20.3 Å². The van der Waals surface area contributed by atoms with E-state index in [1.54, 1.807) is 0 Å². The van der Waals surface area contributed by atoms with Crippen LogP contribution in [0, 0.1) is 12.0 Å². The van der Waals surface area contributed by atoms with Gasteiger partial charge in [-0.1, -0.05) is 12.8 Å². The zero-order valence-electron chi connectivity index (χ0n) is 7.14. The Morgan fingerprint density at radius 1 is 1.50 bits per heavy atom. The lowest BCUT2D eigenvalue weighted by Crippen LogP contribution is -2.22. The van der Waals surface area contributed by atoms with Gasteiger partial charge < -0.3 is 4.90 Å². The Bertz CT molecular complexity index is 123. The third-order valence-corrected chi connectivity index (χ3v) is 1.54. The molecule has 0 N–H and O–H groups in total. The molecule has 0 radical (unpaired) electrons. The van der Waals surface area contributed by atoms with Gasteiger partial charge in [-0.3, -0.25) is 0 Å². The van der Waals surface area contributed by atoms with Gasteiger partial charge in [0.15, 0.2) is 0 Å². The van der Waals surface area contributed by atoms with Crippen LogP contribution in [0.2, 0.25) is 0 Å². The molecule has 0 heterocycles. The Morgan fingerprint density at radius 3 is 2.30 bits per heavy atom. The minimum atomic E-state index is 0. The van der Waals surface area contributed by atoms with Gasteiger partial charge in [0.2, 0.25) is 0 Å². The second kappa shape index (κ2) is 6.77. The van der Waals surface area contributed by atoms with Gasteiger partial charge in [-0.2, -0.15) is 0 Å². The second-order valence-electron chi connectivity index (χ2n) is 2.23. The highest BCUT2D eigenvalue weighted by atomic mass is 35.5. The molecule has 0 saturated carbocycles. The van der Waals surface area contributed by atoms with Crippen molar-refractivity contribution in [3.05, 3.63) is 0 Å². The van der Waals surface area contributed by atoms with E-state index in [1.165, 1.54) is 0 Å². The predicted molar refractivity (Wildman–Crippen MR) is 48.2 cm³/mol. The van der Waals surface area contributed by atoms with Crippen LogP contribution in [0.3, 0.4) is 0 Å². The summed E-state index contributed by atoms with van der Waals surface area (Å²) in [5.41, 5.74) is 0. The molecule has 1 nitrogen and oxygen atoms in total. The van der Waals surface area contributed by atoms with Crippen LogP contribution in [0.1, 0.15) is 27.2 Å². The maximum absolute atomic E-state index is 2.98. The van der Waals surface area contributed by atoms with Crippen molar-refractivity contribution in [1.82, 2.24) is 4.90 Å². The molecule has 0 spiro atoms. The van der Waals surface area contributed by atoms with E-state index < -0.39 is 0 Å². The van der Waals surface area contributed by atoms with E-state index in [2.05, 4.69) is 25.8 Å². The Morgan fingerprint density at radius 2 is 2.00 bits per heavy atom. The molecule has 0 aromatic heterocycles. The molecule has 0 aliphatic rings. The number of halogens is 1. The lowest BCUT2D eigenvalue weighted by atomic mass is 10.2. The molecule has 1 unspecified atom stereocenters. The van der Waals surface area contributed by atoms with E-state index in [0.717, 1.165) is 6.42 Å². The molecular formula is C8H16ClN. The minimum absolute atomic E-state index is 0. The van der Waals surface area contributed by atoms with Crippen LogP contribution in [-0.2, 0) is 0 Å². The van der Waals surface area contributed by atoms with E-state index in [-0.39, 0.29) is 12.4 Å². The Labute approximate surface area is 70.2 Å². The SMILES string of the molecule is CC#CN(C)C(C)CC.Cl. The zero-order chi connectivity index (χ0) is 7.28. The van der Waals surface area contributed by atoms with Crippen molar-refractivity contribution in [2.24, 2.45) is 0 Å². The van der Waals surface area contributed by atoms with Crippen LogP contribution < -0.4 is 0 Å². The van der Waals surface area contributed by atoms with Crippen molar-refractivity contribution >= 4 is 12.4 Å². The molecule has 10 heavy (non-hydrogen) atoms. The summed E-state index contributed by atoms with van der Waals surface area (Å²) in [6.45, 7) is 6.20. The quantitative estimate of drug-likeness (QED) is 0.443. The average molecular weight is 162 g/mol. The molecule has 0 fully saturated rings. The smallest absolute Gasteiger partial charge is 0.0337 e.